The Morgan fingerprint density at radius 1 is 1.21 bits per heavy atom. The van der Waals surface area contributed by atoms with Crippen molar-refractivity contribution in [1.29, 1.82) is 0 Å². The second kappa shape index (κ2) is 5.84. The lowest BCUT2D eigenvalue weighted by Gasteiger charge is -2.17. The third-order valence-electron chi connectivity index (χ3n) is 3.26. The first-order chi connectivity index (χ1) is 11.3. The fourth-order valence-corrected chi connectivity index (χ4v) is 2.10. The van der Waals surface area contributed by atoms with Crippen molar-refractivity contribution in [2.75, 3.05) is 11.9 Å². The Labute approximate surface area is 134 Å². The molecule has 0 spiro atoms. The summed E-state index contributed by atoms with van der Waals surface area (Å²) in [6.07, 6.45) is 1.49. The van der Waals surface area contributed by atoms with Crippen LogP contribution in [0.15, 0.2) is 49.1 Å². The normalized spacial score (nSPS) is 11.5. The molecule has 1 amide bonds. The molecular formula is C15H11F3N4O2. The van der Waals surface area contributed by atoms with Crippen molar-refractivity contribution in [3.63, 3.8) is 0 Å². The number of anilines is 1. The van der Waals surface area contributed by atoms with Crippen LogP contribution in [0.2, 0.25) is 0 Å². The number of fused-ring (bicyclic) bond motifs is 1. The van der Waals surface area contributed by atoms with E-state index in [-0.39, 0.29) is 11.4 Å². The van der Waals surface area contributed by atoms with Crippen LogP contribution >= 0.6 is 0 Å². The number of hydrogen-bond donors (Lipinski definition) is 0. The number of carbonyl (C=O) groups excluding carboxylic acids is 1. The maximum atomic E-state index is 12.4. The first-order valence-electron chi connectivity index (χ1n) is 6.76. The van der Waals surface area contributed by atoms with E-state index in [0.717, 1.165) is 12.1 Å². The molecule has 24 heavy (non-hydrogen) atoms. The summed E-state index contributed by atoms with van der Waals surface area (Å²) < 4.78 is 41.9. The second-order valence-corrected chi connectivity index (χ2v) is 4.87. The van der Waals surface area contributed by atoms with Gasteiger partial charge in [0.2, 0.25) is 0 Å². The Balaban J connectivity index is 1.79. The summed E-state index contributed by atoms with van der Waals surface area (Å²) in [7, 11) is 1.50. The molecule has 6 nitrogen and oxygen atoms in total. The molecule has 2 aromatic heterocycles. The minimum atomic E-state index is -4.76. The van der Waals surface area contributed by atoms with Crippen molar-refractivity contribution >= 4 is 17.2 Å². The van der Waals surface area contributed by atoms with Gasteiger partial charge in [0.25, 0.3) is 5.91 Å². The zero-order chi connectivity index (χ0) is 17.3. The van der Waals surface area contributed by atoms with Crippen LogP contribution in [-0.4, -0.2) is 33.7 Å². The molecule has 0 N–H and O–H groups in total. The summed E-state index contributed by atoms with van der Waals surface area (Å²) >= 11 is 0. The summed E-state index contributed by atoms with van der Waals surface area (Å²) in [5.74, 6) is -0.764. The first-order valence-corrected chi connectivity index (χ1v) is 6.76. The van der Waals surface area contributed by atoms with Gasteiger partial charge in [-0.2, -0.15) is 0 Å². The topological polar surface area (TPSA) is 59.7 Å². The van der Waals surface area contributed by atoms with Crippen molar-refractivity contribution in [2.24, 2.45) is 0 Å². The van der Waals surface area contributed by atoms with Crippen LogP contribution in [0.5, 0.6) is 5.75 Å². The zero-order valence-corrected chi connectivity index (χ0v) is 12.4. The fourth-order valence-electron chi connectivity index (χ4n) is 2.10. The van der Waals surface area contributed by atoms with Crippen molar-refractivity contribution in [3.8, 4) is 5.75 Å². The Bertz CT molecular complexity index is 874. The Hall–Kier alpha value is -3.10. The molecule has 0 aliphatic carbocycles. The number of alkyl halides is 3. The molecule has 0 radical (unpaired) electrons. The number of rotatable bonds is 3. The number of amides is 1. The van der Waals surface area contributed by atoms with Gasteiger partial charge in [-0.1, -0.05) is 0 Å². The van der Waals surface area contributed by atoms with Crippen LogP contribution in [-0.2, 0) is 0 Å². The van der Waals surface area contributed by atoms with E-state index in [4.69, 9.17) is 0 Å². The molecule has 124 valence electrons. The number of hydrogen-bond acceptors (Lipinski definition) is 4. The highest BCUT2D eigenvalue weighted by Gasteiger charge is 2.31. The third-order valence-corrected chi connectivity index (χ3v) is 3.26. The van der Waals surface area contributed by atoms with Crippen LogP contribution in [0.3, 0.4) is 0 Å². The highest BCUT2D eigenvalue weighted by molar-refractivity contribution is 6.04. The van der Waals surface area contributed by atoms with Gasteiger partial charge in [-0.05, 0) is 24.3 Å². The smallest absolute Gasteiger partial charge is 0.406 e. The highest BCUT2D eigenvalue weighted by Crippen LogP contribution is 2.25. The van der Waals surface area contributed by atoms with E-state index in [9.17, 15) is 18.0 Å². The van der Waals surface area contributed by atoms with Crippen LogP contribution in [0.1, 0.15) is 10.5 Å². The average Bonchev–Trinajstić information content (AvgIpc) is 3.00. The van der Waals surface area contributed by atoms with Crippen LogP contribution in [0.4, 0.5) is 18.9 Å². The SMILES string of the molecule is CN(C(=O)c1cn2ccnc2cn1)c1ccc(OC(F)(F)F)cc1. The lowest BCUT2D eigenvalue weighted by molar-refractivity contribution is -0.274. The number of benzene rings is 1. The molecule has 3 aromatic rings. The molecule has 1 aromatic carbocycles. The van der Waals surface area contributed by atoms with Gasteiger partial charge in [-0.25, -0.2) is 9.97 Å². The van der Waals surface area contributed by atoms with E-state index in [2.05, 4.69) is 14.7 Å². The summed E-state index contributed by atoms with van der Waals surface area (Å²) in [5.41, 5.74) is 1.18. The Morgan fingerprint density at radius 2 is 1.92 bits per heavy atom. The lowest BCUT2D eigenvalue weighted by atomic mass is 10.2. The quantitative estimate of drug-likeness (QED) is 0.738. The molecule has 0 bridgehead atoms. The minimum absolute atomic E-state index is 0.179. The van der Waals surface area contributed by atoms with E-state index in [0.29, 0.717) is 11.3 Å². The summed E-state index contributed by atoms with van der Waals surface area (Å²) in [6, 6.07) is 4.99. The maximum absolute atomic E-state index is 12.4. The number of imidazole rings is 1. The summed E-state index contributed by atoms with van der Waals surface area (Å²) in [5, 5.41) is 0. The van der Waals surface area contributed by atoms with Crippen molar-refractivity contribution in [3.05, 3.63) is 54.7 Å². The van der Waals surface area contributed by atoms with Crippen LogP contribution in [0, 0.1) is 0 Å². The molecule has 3 rings (SSSR count). The van der Waals surface area contributed by atoms with Gasteiger partial charge >= 0.3 is 6.36 Å². The molecule has 9 heteroatoms. The standard InChI is InChI=1S/C15H11F3N4O2/c1-21(10-2-4-11(5-3-10)24-15(16,17)18)14(23)12-9-22-7-6-19-13(22)8-20-12/h2-9H,1H3. The molecule has 0 saturated carbocycles. The number of aromatic nitrogens is 3. The minimum Gasteiger partial charge on any atom is -0.406 e. The molecule has 0 fully saturated rings. The van der Waals surface area contributed by atoms with Crippen LogP contribution in [0.25, 0.3) is 5.65 Å². The number of ether oxygens (including phenoxy) is 1. The lowest BCUT2D eigenvalue weighted by Crippen LogP contribution is -2.27. The molecule has 2 heterocycles. The van der Waals surface area contributed by atoms with E-state index >= 15 is 0 Å². The van der Waals surface area contributed by atoms with Gasteiger partial charge in [-0.3, -0.25) is 4.79 Å². The van der Waals surface area contributed by atoms with Crippen molar-refractivity contribution in [2.45, 2.75) is 6.36 Å². The van der Waals surface area contributed by atoms with E-state index in [1.54, 1.807) is 16.8 Å². The van der Waals surface area contributed by atoms with E-state index < -0.39 is 12.3 Å². The summed E-state index contributed by atoms with van der Waals surface area (Å²) in [6.45, 7) is 0. The van der Waals surface area contributed by atoms with Crippen LogP contribution < -0.4 is 9.64 Å². The predicted molar refractivity (Wildman–Crippen MR) is 78.8 cm³/mol. The van der Waals surface area contributed by atoms with E-state index in [1.807, 2.05) is 0 Å². The second-order valence-electron chi connectivity index (χ2n) is 4.87. The highest BCUT2D eigenvalue weighted by atomic mass is 19.4. The van der Waals surface area contributed by atoms with Crippen molar-refractivity contribution in [1.82, 2.24) is 14.4 Å². The molecule has 0 unspecified atom stereocenters. The summed E-state index contributed by atoms with van der Waals surface area (Å²) in [4.78, 5) is 21.8. The predicted octanol–water partition coefficient (Wildman–Crippen LogP) is 2.90. The van der Waals surface area contributed by atoms with Gasteiger partial charge in [0.15, 0.2) is 5.65 Å². The monoisotopic (exact) mass is 336 g/mol. The molecule has 0 saturated heterocycles. The number of carbonyl (C=O) groups is 1. The van der Waals surface area contributed by atoms with Gasteiger partial charge in [-0.15, -0.1) is 13.2 Å². The number of halogens is 3. The molecule has 0 aliphatic heterocycles. The third kappa shape index (κ3) is 3.29. The van der Waals surface area contributed by atoms with Gasteiger partial charge in [0.05, 0.1) is 6.20 Å². The molecule has 0 aliphatic rings. The molecular weight excluding hydrogens is 325 g/mol. The largest absolute Gasteiger partial charge is 0.573 e. The Kier molecular flexibility index (Phi) is 3.84. The maximum Gasteiger partial charge on any atom is 0.573 e. The number of nitrogens with zero attached hydrogens (tertiary/aromatic N) is 4. The van der Waals surface area contributed by atoms with Gasteiger partial charge in [0.1, 0.15) is 11.4 Å². The van der Waals surface area contributed by atoms with Crippen molar-refractivity contribution < 1.29 is 22.7 Å². The Morgan fingerprint density at radius 3 is 2.58 bits per heavy atom. The molecule has 0 atom stereocenters. The van der Waals surface area contributed by atoms with E-state index in [1.165, 1.54) is 36.5 Å². The van der Waals surface area contributed by atoms with Gasteiger partial charge in [0, 0.05) is 31.3 Å². The first kappa shape index (κ1) is 15.8. The average molecular weight is 336 g/mol. The van der Waals surface area contributed by atoms with Gasteiger partial charge < -0.3 is 14.0 Å². The fraction of sp³-hybridized carbons (Fsp3) is 0.133. The zero-order valence-electron chi connectivity index (χ0n) is 12.4.